The quantitative estimate of drug-likeness (QED) is 0.452. The number of aromatic hydroxyl groups is 1. The van der Waals surface area contributed by atoms with Crippen molar-refractivity contribution in [3.63, 3.8) is 0 Å². The van der Waals surface area contributed by atoms with Crippen LogP contribution in [0.5, 0.6) is 5.75 Å². The fraction of sp³-hybridized carbons (Fsp3) is 0.167. The Morgan fingerprint density at radius 3 is 2.68 bits per heavy atom. The lowest BCUT2D eigenvalue weighted by molar-refractivity contribution is 0.0717. The lowest BCUT2D eigenvalue weighted by atomic mass is 9.94. The number of fused-ring (bicyclic) bond motifs is 1. The molecule has 1 amide bonds. The number of aryl methyl sites for hydroxylation is 2. The third kappa shape index (κ3) is 3.20. The second-order valence-corrected chi connectivity index (χ2v) is 8.24. The summed E-state index contributed by atoms with van der Waals surface area (Å²) >= 11 is 6.11. The first-order chi connectivity index (χ1) is 14.9. The standard InChI is InChI=1S/C24H20ClN3O3/c1-13-10-14(2)23(29)18(11-13)20-19-21(27-26-20)24(30)28(12-17-4-3-9-31-17)22(19)15-5-7-16(25)8-6-15/h3-11,22,29H,12H2,1-2H3,(H,26,27). The molecule has 2 N–H and O–H groups in total. The van der Waals surface area contributed by atoms with Crippen molar-refractivity contribution in [2.24, 2.45) is 0 Å². The van der Waals surface area contributed by atoms with Gasteiger partial charge in [-0.1, -0.05) is 29.8 Å². The Hall–Kier alpha value is -3.51. The summed E-state index contributed by atoms with van der Waals surface area (Å²) in [7, 11) is 0. The minimum atomic E-state index is -0.404. The first-order valence-electron chi connectivity index (χ1n) is 9.91. The molecule has 2 aromatic heterocycles. The van der Waals surface area contributed by atoms with E-state index in [-0.39, 0.29) is 11.7 Å². The highest BCUT2D eigenvalue weighted by molar-refractivity contribution is 6.30. The number of amides is 1. The van der Waals surface area contributed by atoms with Crippen LogP contribution in [0.1, 0.15) is 44.5 Å². The summed E-state index contributed by atoms with van der Waals surface area (Å²) in [6.07, 6.45) is 1.59. The Morgan fingerprint density at radius 1 is 1.19 bits per heavy atom. The van der Waals surface area contributed by atoms with Gasteiger partial charge in [-0.3, -0.25) is 9.89 Å². The van der Waals surface area contributed by atoms with E-state index in [4.69, 9.17) is 16.0 Å². The van der Waals surface area contributed by atoms with Gasteiger partial charge in [-0.2, -0.15) is 5.10 Å². The van der Waals surface area contributed by atoms with Gasteiger partial charge in [0.15, 0.2) is 0 Å². The number of nitrogens with zero attached hydrogens (tertiary/aromatic N) is 2. The van der Waals surface area contributed by atoms with Gasteiger partial charge < -0.3 is 14.4 Å². The van der Waals surface area contributed by atoms with Crippen LogP contribution in [0.25, 0.3) is 11.3 Å². The highest BCUT2D eigenvalue weighted by atomic mass is 35.5. The average molecular weight is 434 g/mol. The van der Waals surface area contributed by atoms with Gasteiger partial charge in [-0.05, 0) is 60.9 Å². The van der Waals surface area contributed by atoms with Crippen LogP contribution in [0.15, 0.2) is 59.2 Å². The smallest absolute Gasteiger partial charge is 0.273 e. The van der Waals surface area contributed by atoms with E-state index in [0.29, 0.717) is 34.3 Å². The van der Waals surface area contributed by atoms with Gasteiger partial charge in [0.25, 0.3) is 5.91 Å². The summed E-state index contributed by atoms with van der Waals surface area (Å²) in [6.45, 7) is 4.12. The number of hydrogen-bond donors (Lipinski definition) is 2. The fourth-order valence-electron chi connectivity index (χ4n) is 4.27. The van der Waals surface area contributed by atoms with Crippen LogP contribution in [0.3, 0.4) is 0 Å². The normalized spacial score (nSPS) is 15.5. The van der Waals surface area contributed by atoms with E-state index in [0.717, 1.165) is 22.3 Å². The summed E-state index contributed by atoms with van der Waals surface area (Å²) in [4.78, 5) is 15.1. The number of benzene rings is 2. The van der Waals surface area contributed by atoms with Gasteiger partial charge >= 0.3 is 0 Å². The van der Waals surface area contributed by atoms with Gasteiger partial charge in [0.05, 0.1) is 18.8 Å². The number of phenols is 1. The first-order valence-corrected chi connectivity index (χ1v) is 10.3. The molecule has 31 heavy (non-hydrogen) atoms. The van der Waals surface area contributed by atoms with E-state index in [1.165, 1.54) is 0 Å². The molecule has 0 radical (unpaired) electrons. The van der Waals surface area contributed by atoms with Crippen molar-refractivity contribution in [1.82, 2.24) is 15.1 Å². The highest BCUT2D eigenvalue weighted by Gasteiger charge is 2.42. The minimum Gasteiger partial charge on any atom is -0.507 e. The van der Waals surface area contributed by atoms with Crippen LogP contribution in [-0.2, 0) is 6.54 Å². The number of aromatic nitrogens is 2. The number of nitrogens with one attached hydrogen (secondary N) is 1. The van der Waals surface area contributed by atoms with Crippen molar-refractivity contribution < 1.29 is 14.3 Å². The maximum Gasteiger partial charge on any atom is 0.273 e. The summed E-state index contributed by atoms with van der Waals surface area (Å²) in [5.41, 5.74) is 4.97. The Labute approximate surface area is 184 Å². The molecule has 6 nitrogen and oxygen atoms in total. The Bertz CT molecular complexity index is 1280. The number of H-pyrrole nitrogens is 1. The van der Waals surface area contributed by atoms with Crippen molar-refractivity contribution in [2.45, 2.75) is 26.4 Å². The number of rotatable bonds is 4. The van der Waals surface area contributed by atoms with Crippen molar-refractivity contribution in [3.05, 3.63) is 93.5 Å². The molecular formula is C24H20ClN3O3. The van der Waals surface area contributed by atoms with E-state index in [1.807, 2.05) is 44.2 Å². The van der Waals surface area contributed by atoms with E-state index in [1.54, 1.807) is 29.4 Å². The largest absolute Gasteiger partial charge is 0.507 e. The molecule has 0 saturated carbocycles. The topological polar surface area (TPSA) is 82.4 Å². The molecule has 0 spiro atoms. The van der Waals surface area contributed by atoms with E-state index in [2.05, 4.69) is 10.2 Å². The number of carbonyl (C=O) groups excluding carboxylic acids is 1. The third-order valence-electron chi connectivity index (χ3n) is 5.66. The molecular weight excluding hydrogens is 414 g/mol. The lowest BCUT2D eigenvalue weighted by Crippen LogP contribution is -2.28. The predicted octanol–water partition coefficient (Wildman–Crippen LogP) is 5.39. The van der Waals surface area contributed by atoms with Crippen molar-refractivity contribution in [2.75, 3.05) is 0 Å². The Morgan fingerprint density at radius 2 is 1.97 bits per heavy atom. The van der Waals surface area contributed by atoms with E-state index in [9.17, 15) is 9.90 Å². The predicted molar refractivity (Wildman–Crippen MR) is 117 cm³/mol. The zero-order valence-corrected chi connectivity index (χ0v) is 17.8. The molecule has 0 bridgehead atoms. The SMILES string of the molecule is Cc1cc(C)c(O)c(-c2n[nH]c3c2C(c2ccc(Cl)cc2)N(Cc2ccco2)C3=O)c1. The van der Waals surface area contributed by atoms with Gasteiger partial charge in [-0.25, -0.2) is 0 Å². The number of hydrogen-bond acceptors (Lipinski definition) is 4. The highest BCUT2D eigenvalue weighted by Crippen LogP contribution is 2.45. The molecule has 5 rings (SSSR count). The van der Waals surface area contributed by atoms with E-state index < -0.39 is 6.04 Å². The van der Waals surface area contributed by atoms with E-state index >= 15 is 0 Å². The van der Waals surface area contributed by atoms with Crippen molar-refractivity contribution in [3.8, 4) is 17.0 Å². The monoisotopic (exact) mass is 433 g/mol. The van der Waals surface area contributed by atoms with Crippen LogP contribution in [0.4, 0.5) is 0 Å². The number of carbonyl (C=O) groups is 1. The Kier molecular flexibility index (Phi) is 4.59. The van der Waals surface area contributed by atoms with Crippen LogP contribution < -0.4 is 0 Å². The summed E-state index contributed by atoms with van der Waals surface area (Å²) in [5.74, 6) is 0.668. The molecule has 3 heterocycles. The maximum absolute atomic E-state index is 13.4. The Balaban J connectivity index is 1.70. The zero-order valence-electron chi connectivity index (χ0n) is 17.0. The van der Waals surface area contributed by atoms with Crippen LogP contribution in [0, 0.1) is 13.8 Å². The van der Waals surface area contributed by atoms with Crippen LogP contribution >= 0.6 is 11.6 Å². The van der Waals surface area contributed by atoms with Crippen LogP contribution in [-0.4, -0.2) is 26.1 Å². The molecule has 156 valence electrons. The molecule has 4 aromatic rings. The van der Waals surface area contributed by atoms with Crippen LogP contribution in [0.2, 0.25) is 5.02 Å². The maximum atomic E-state index is 13.4. The van der Waals surface area contributed by atoms with Gasteiger partial charge in [0.1, 0.15) is 22.9 Å². The molecule has 0 aliphatic carbocycles. The lowest BCUT2D eigenvalue weighted by Gasteiger charge is -2.25. The van der Waals surface area contributed by atoms with Gasteiger partial charge in [0.2, 0.25) is 0 Å². The third-order valence-corrected chi connectivity index (χ3v) is 5.91. The molecule has 1 aliphatic heterocycles. The molecule has 0 fully saturated rings. The fourth-order valence-corrected chi connectivity index (χ4v) is 4.39. The molecule has 1 aliphatic rings. The number of aromatic amines is 1. The number of phenolic OH excluding ortho intramolecular Hbond substituents is 1. The second kappa shape index (κ2) is 7.32. The zero-order chi connectivity index (χ0) is 21.7. The number of furan rings is 1. The minimum absolute atomic E-state index is 0.159. The van der Waals surface area contributed by atoms with Crippen molar-refractivity contribution >= 4 is 17.5 Å². The second-order valence-electron chi connectivity index (χ2n) is 7.81. The molecule has 1 atom stereocenters. The summed E-state index contributed by atoms with van der Waals surface area (Å²) in [5, 5.41) is 18.7. The van der Waals surface area contributed by atoms with Crippen molar-refractivity contribution in [1.29, 1.82) is 0 Å². The van der Waals surface area contributed by atoms with Gasteiger partial charge in [0, 0.05) is 16.1 Å². The summed E-state index contributed by atoms with van der Waals surface area (Å²) in [6, 6.07) is 14.5. The van der Waals surface area contributed by atoms with Gasteiger partial charge in [-0.15, -0.1) is 0 Å². The number of halogens is 1. The summed E-state index contributed by atoms with van der Waals surface area (Å²) < 4.78 is 5.51. The molecule has 7 heteroatoms. The molecule has 2 aromatic carbocycles. The first kappa shape index (κ1) is 19.5. The molecule has 1 unspecified atom stereocenters. The molecule has 0 saturated heterocycles. The average Bonchev–Trinajstić information content (AvgIpc) is 3.46.